The number of nitrogens with zero attached hydrogens (tertiary/aromatic N) is 5. The molecule has 7 nitrogen and oxygen atoms in total. The molecule has 1 saturated carbocycles. The number of aromatic nitrogens is 3. The number of fused-ring (bicyclic) bond motifs is 1. The van der Waals surface area contributed by atoms with E-state index in [-0.39, 0.29) is 18.1 Å². The number of aryl methyl sites for hydroxylation is 1. The van der Waals surface area contributed by atoms with E-state index in [0.29, 0.717) is 36.9 Å². The molecule has 3 aromatic rings. The third-order valence-electron chi connectivity index (χ3n) is 8.67. The zero-order valence-corrected chi connectivity index (χ0v) is 22.6. The van der Waals surface area contributed by atoms with Crippen molar-refractivity contribution in [3.63, 3.8) is 0 Å². The molecular weight excluding hydrogens is 493 g/mol. The maximum Gasteiger partial charge on any atom is 0.227 e. The maximum absolute atomic E-state index is 14.8. The van der Waals surface area contributed by atoms with Gasteiger partial charge in [0.1, 0.15) is 11.6 Å². The number of ether oxygens (including phenoxy) is 1. The Balaban J connectivity index is 0.924. The minimum Gasteiger partial charge on any atom is -0.493 e. The molecule has 0 unspecified atom stereocenters. The SMILES string of the molecule is Cc1cnc(N2CCC([C@H]3C[C@H]3CCOc3ccc(CC(=O)N4CCc5cnccc5C4)c(F)c3)CC2)nc1. The molecule has 3 aliphatic rings. The third kappa shape index (κ3) is 6.05. The van der Waals surface area contributed by atoms with Crippen molar-refractivity contribution < 1.29 is 13.9 Å². The number of benzene rings is 1. The zero-order valence-electron chi connectivity index (χ0n) is 22.6. The van der Waals surface area contributed by atoms with Crippen LogP contribution in [0.2, 0.25) is 0 Å². The molecule has 0 radical (unpaired) electrons. The highest BCUT2D eigenvalue weighted by Crippen LogP contribution is 2.49. The molecule has 4 heterocycles. The van der Waals surface area contributed by atoms with Crippen molar-refractivity contribution in [3.8, 4) is 5.75 Å². The lowest BCUT2D eigenvalue weighted by atomic mass is 9.90. The van der Waals surface area contributed by atoms with Gasteiger partial charge in [-0.15, -0.1) is 0 Å². The van der Waals surface area contributed by atoms with Crippen molar-refractivity contribution in [1.29, 1.82) is 0 Å². The van der Waals surface area contributed by atoms with Crippen LogP contribution in [0.3, 0.4) is 0 Å². The fraction of sp³-hybridized carbons (Fsp3) is 0.484. The molecule has 1 aliphatic carbocycles. The van der Waals surface area contributed by atoms with E-state index in [4.69, 9.17) is 4.74 Å². The second kappa shape index (κ2) is 11.3. The molecule has 1 aromatic carbocycles. The molecule has 6 rings (SSSR count). The largest absolute Gasteiger partial charge is 0.493 e. The van der Waals surface area contributed by atoms with E-state index in [9.17, 15) is 9.18 Å². The van der Waals surface area contributed by atoms with Crippen LogP contribution in [0.25, 0.3) is 0 Å². The summed E-state index contributed by atoms with van der Waals surface area (Å²) in [6.45, 7) is 5.84. The lowest BCUT2D eigenvalue weighted by Gasteiger charge is -2.32. The molecule has 1 amide bonds. The molecule has 8 heteroatoms. The van der Waals surface area contributed by atoms with Gasteiger partial charge < -0.3 is 14.5 Å². The van der Waals surface area contributed by atoms with Crippen LogP contribution in [0.15, 0.2) is 49.1 Å². The number of halogens is 1. The molecule has 1 saturated heterocycles. The van der Waals surface area contributed by atoms with Gasteiger partial charge in [-0.25, -0.2) is 14.4 Å². The fourth-order valence-electron chi connectivity index (χ4n) is 6.21. The molecule has 204 valence electrons. The van der Waals surface area contributed by atoms with Crippen molar-refractivity contribution in [2.75, 3.05) is 31.1 Å². The van der Waals surface area contributed by atoms with Gasteiger partial charge in [0.15, 0.2) is 0 Å². The average Bonchev–Trinajstić information content (AvgIpc) is 3.74. The van der Waals surface area contributed by atoms with Crippen LogP contribution in [0.5, 0.6) is 5.75 Å². The van der Waals surface area contributed by atoms with Gasteiger partial charge in [0.05, 0.1) is 13.0 Å². The first-order chi connectivity index (χ1) is 19.0. The number of hydrogen-bond donors (Lipinski definition) is 0. The predicted molar refractivity (Wildman–Crippen MR) is 147 cm³/mol. The van der Waals surface area contributed by atoms with Crippen molar-refractivity contribution in [3.05, 3.63) is 77.1 Å². The summed E-state index contributed by atoms with van der Waals surface area (Å²) in [7, 11) is 0. The zero-order chi connectivity index (χ0) is 26.8. The monoisotopic (exact) mass is 529 g/mol. The van der Waals surface area contributed by atoms with Gasteiger partial charge in [-0.1, -0.05) is 6.07 Å². The first-order valence-corrected chi connectivity index (χ1v) is 14.2. The van der Waals surface area contributed by atoms with Gasteiger partial charge in [-0.2, -0.15) is 0 Å². The standard InChI is InChI=1S/C31H36FN5O2/c1-21-17-34-31(35-18-21)36-10-5-22(6-11-36)28-14-23(28)8-13-39-27-3-2-24(29(32)16-27)15-30(38)37-12-7-25-19-33-9-4-26(25)20-37/h2-4,9,16-19,22-23,28H,5-8,10-15,20H2,1H3/t23-,28-/m1/s1. The maximum atomic E-state index is 14.8. The number of piperidine rings is 1. The van der Waals surface area contributed by atoms with Crippen molar-refractivity contribution in [2.45, 2.75) is 52.0 Å². The van der Waals surface area contributed by atoms with E-state index in [1.165, 1.54) is 30.9 Å². The molecule has 0 bridgehead atoms. The van der Waals surface area contributed by atoms with Gasteiger partial charge in [0, 0.05) is 57.0 Å². The Labute approximate surface area is 229 Å². The van der Waals surface area contributed by atoms with Crippen molar-refractivity contribution in [1.82, 2.24) is 19.9 Å². The molecule has 39 heavy (non-hydrogen) atoms. The summed E-state index contributed by atoms with van der Waals surface area (Å²) in [5.74, 6) is 3.18. The van der Waals surface area contributed by atoms with E-state index >= 15 is 0 Å². The summed E-state index contributed by atoms with van der Waals surface area (Å²) in [4.78, 5) is 30.0. The second-order valence-electron chi connectivity index (χ2n) is 11.3. The van der Waals surface area contributed by atoms with Crippen molar-refractivity contribution in [2.24, 2.45) is 17.8 Å². The van der Waals surface area contributed by atoms with E-state index in [1.807, 2.05) is 31.6 Å². The number of carbonyl (C=O) groups is 1. The predicted octanol–water partition coefficient (Wildman–Crippen LogP) is 4.77. The van der Waals surface area contributed by atoms with Crippen LogP contribution >= 0.6 is 0 Å². The molecule has 0 N–H and O–H groups in total. The van der Waals surface area contributed by atoms with Gasteiger partial charge in [-0.3, -0.25) is 9.78 Å². The van der Waals surface area contributed by atoms with Gasteiger partial charge in [0.25, 0.3) is 0 Å². The number of rotatable bonds is 8. The summed E-state index contributed by atoms with van der Waals surface area (Å²) in [5, 5.41) is 0. The number of anilines is 1. The summed E-state index contributed by atoms with van der Waals surface area (Å²) >= 11 is 0. The minimum atomic E-state index is -0.379. The highest BCUT2D eigenvalue weighted by Gasteiger charge is 2.43. The Hall–Kier alpha value is -3.55. The Kier molecular flexibility index (Phi) is 7.44. The van der Waals surface area contributed by atoms with Crippen LogP contribution < -0.4 is 9.64 Å². The van der Waals surface area contributed by atoms with E-state index in [2.05, 4.69) is 19.9 Å². The molecule has 2 aliphatic heterocycles. The Bertz CT molecular complexity index is 1310. The van der Waals surface area contributed by atoms with E-state index < -0.39 is 0 Å². The fourth-order valence-corrected chi connectivity index (χ4v) is 6.21. The molecule has 2 atom stereocenters. The third-order valence-corrected chi connectivity index (χ3v) is 8.67. The lowest BCUT2D eigenvalue weighted by molar-refractivity contribution is -0.131. The quantitative estimate of drug-likeness (QED) is 0.419. The first-order valence-electron chi connectivity index (χ1n) is 14.2. The average molecular weight is 530 g/mol. The van der Waals surface area contributed by atoms with Crippen molar-refractivity contribution >= 4 is 11.9 Å². The van der Waals surface area contributed by atoms with E-state index in [1.54, 1.807) is 23.2 Å². The topological polar surface area (TPSA) is 71.5 Å². The smallest absolute Gasteiger partial charge is 0.227 e. The van der Waals surface area contributed by atoms with Gasteiger partial charge >= 0.3 is 0 Å². The van der Waals surface area contributed by atoms with E-state index in [0.717, 1.165) is 54.8 Å². The number of hydrogen-bond acceptors (Lipinski definition) is 6. The Morgan fingerprint density at radius 1 is 1.08 bits per heavy atom. The highest BCUT2D eigenvalue weighted by atomic mass is 19.1. The normalized spacial score (nSPS) is 21.0. The van der Waals surface area contributed by atoms with Gasteiger partial charge in [0.2, 0.25) is 11.9 Å². The second-order valence-corrected chi connectivity index (χ2v) is 11.3. The van der Waals surface area contributed by atoms with Gasteiger partial charge in [-0.05, 0) is 91.2 Å². The van der Waals surface area contributed by atoms with Crippen LogP contribution in [-0.2, 0) is 24.2 Å². The number of pyridine rings is 1. The summed E-state index contributed by atoms with van der Waals surface area (Å²) in [6, 6.07) is 6.86. The van der Waals surface area contributed by atoms with Crippen LogP contribution in [0.1, 0.15) is 47.9 Å². The number of carbonyl (C=O) groups excluding carboxylic acids is 1. The first kappa shape index (κ1) is 25.7. The molecule has 0 spiro atoms. The highest BCUT2D eigenvalue weighted by molar-refractivity contribution is 5.79. The molecule has 2 fully saturated rings. The number of amides is 1. The van der Waals surface area contributed by atoms with Crippen LogP contribution in [-0.4, -0.2) is 52.0 Å². The Morgan fingerprint density at radius 2 is 1.90 bits per heavy atom. The van der Waals surface area contributed by atoms with Crippen LogP contribution in [0.4, 0.5) is 10.3 Å². The summed E-state index contributed by atoms with van der Waals surface area (Å²) in [5.41, 5.74) is 3.81. The summed E-state index contributed by atoms with van der Waals surface area (Å²) in [6.07, 6.45) is 12.9. The Morgan fingerprint density at radius 3 is 2.69 bits per heavy atom. The molecular formula is C31H36FN5O2. The minimum absolute atomic E-state index is 0.0537. The lowest BCUT2D eigenvalue weighted by Crippen LogP contribution is -2.37. The summed E-state index contributed by atoms with van der Waals surface area (Å²) < 4.78 is 20.7. The van der Waals surface area contributed by atoms with Crippen LogP contribution in [0, 0.1) is 30.5 Å². The molecule has 2 aromatic heterocycles.